The summed E-state index contributed by atoms with van der Waals surface area (Å²) in [6, 6.07) is 8.19. The van der Waals surface area contributed by atoms with E-state index in [0.717, 1.165) is 66.2 Å². The Kier molecular flexibility index (Phi) is 8.44. The molecule has 3 aromatic rings. The SMILES string of the molecule is C=C(/C=C\C(=C/C)COc1ccc(Cn2cnc3cc(N4CCN(C)CC4)cnc32)cc1OC)CC. The lowest BCUT2D eigenvalue weighted by molar-refractivity contribution is 0.313. The fraction of sp³-hybridized carbons (Fsp3) is 0.379. The number of hydrogen-bond acceptors (Lipinski definition) is 6. The van der Waals surface area contributed by atoms with Crippen LogP contribution >= 0.6 is 0 Å². The average Bonchev–Trinajstić information content (AvgIpc) is 3.31. The number of pyridine rings is 1. The third-order valence-corrected chi connectivity index (χ3v) is 6.64. The van der Waals surface area contributed by atoms with Gasteiger partial charge in [0.1, 0.15) is 12.1 Å². The zero-order valence-corrected chi connectivity index (χ0v) is 21.9. The van der Waals surface area contributed by atoms with Crippen molar-refractivity contribution < 1.29 is 9.47 Å². The van der Waals surface area contributed by atoms with Crippen LogP contribution in [0.5, 0.6) is 11.5 Å². The number of likely N-dealkylation sites (N-methyl/N-ethyl adjacent to an activating group) is 1. The van der Waals surface area contributed by atoms with Gasteiger partial charge >= 0.3 is 0 Å². The molecule has 7 nitrogen and oxygen atoms in total. The molecule has 7 heteroatoms. The molecule has 0 aliphatic carbocycles. The molecule has 1 aliphatic heterocycles. The zero-order valence-electron chi connectivity index (χ0n) is 21.9. The normalized spacial score (nSPS) is 15.1. The van der Waals surface area contributed by atoms with Crippen LogP contribution in [-0.4, -0.2) is 66.4 Å². The topological polar surface area (TPSA) is 55.7 Å². The number of imidazole rings is 1. The van der Waals surface area contributed by atoms with Crippen molar-refractivity contribution >= 4 is 16.9 Å². The number of nitrogens with zero attached hydrogens (tertiary/aromatic N) is 5. The van der Waals surface area contributed by atoms with E-state index in [4.69, 9.17) is 14.5 Å². The minimum absolute atomic E-state index is 0.464. The van der Waals surface area contributed by atoms with Gasteiger partial charge in [0.25, 0.3) is 0 Å². The smallest absolute Gasteiger partial charge is 0.161 e. The molecule has 0 unspecified atom stereocenters. The van der Waals surface area contributed by atoms with E-state index >= 15 is 0 Å². The summed E-state index contributed by atoms with van der Waals surface area (Å²) >= 11 is 0. The van der Waals surface area contributed by atoms with E-state index in [2.05, 4.69) is 58.1 Å². The molecule has 4 rings (SSSR count). The second kappa shape index (κ2) is 11.9. The summed E-state index contributed by atoms with van der Waals surface area (Å²) in [5.74, 6) is 1.42. The summed E-state index contributed by atoms with van der Waals surface area (Å²) in [4.78, 5) is 14.1. The van der Waals surface area contributed by atoms with E-state index in [1.165, 1.54) is 0 Å². The summed E-state index contributed by atoms with van der Waals surface area (Å²) in [6.07, 6.45) is 10.9. The van der Waals surface area contributed by atoms with E-state index in [9.17, 15) is 0 Å². The maximum absolute atomic E-state index is 6.07. The third-order valence-electron chi connectivity index (χ3n) is 6.64. The number of anilines is 1. The van der Waals surface area contributed by atoms with Crippen LogP contribution in [0.1, 0.15) is 25.8 Å². The minimum atomic E-state index is 0.464. The van der Waals surface area contributed by atoms with Gasteiger partial charge in [-0.25, -0.2) is 9.97 Å². The van der Waals surface area contributed by atoms with Crippen molar-refractivity contribution in [2.24, 2.45) is 0 Å². The van der Waals surface area contributed by atoms with E-state index in [-0.39, 0.29) is 0 Å². The second-order valence-electron chi connectivity index (χ2n) is 9.18. The molecular weight excluding hydrogens is 450 g/mol. The predicted octanol–water partition coefficient (Wildman–Crippen LogP) is 5.09. The number of benzene rings is 1. The summed E-state index contributed by atoms with van der Waals surface area (Å²) in [6.45, 7) is 13.4. The predicted molar refractivity (Wildman–Crippen MR) is 147 cm³/mol. The first-order chi connectivity index (χ1) is 17.5. The van der Waals surface area contributed by atoms with Gasteiger partial charge < -0.3 is 23.8 Å². The Balaban J connectivity index is 1.44. The van der Waals surface area contributed by atoms with Gasteiger partial charge in [-0.15, -0.1) is 0 Å². The van der Waals surface area contributed by atoms with Crippen LogP contribution in [0.3, 0.4) is 0 Å². The highest BCUT2D eigenvalue weighted by atomic mass is 16.5. The molecule has 0 radical (unpaired) electrons. The van der Waals surface area contributed by atoms with Crippen LogP contribution in [-0.2, 0) is 6.54 Å². The van der Waals surface area contributed by atoms with Gasteiger partial charge in [-0.2, -0.15) is 0 Å². The largest absolute Gasteiger partial charge is 0.493 e. The average molecular weight is 488 g/mol. The maximum atomic E-state index is 6.07. The van der Waals surface area contributed by atoms with Crippen molar-refractivity contribution in [3.63, 3.8) is 0 Å². The van der Waals surface area contributed by atoms with Crippen LogP contribution < -0.4 is 14.4 Å². The summed E-state index contributed by atoms with van der Waals surface area (Å²) in [5.41, 5.74) is 6.20. The van der Waals surface area contributed by atoms with E-state index < -0.39 is 0 Å². The van der Waals surface area contributed by atoms with Gasteiger partial charge in [0.05, 0.1) is 31.9 Å². The number of ether oxygens (including phenoxy) is 2. The monoisotopic (exact) mass is 487 g/mol. The highest BCUT2D eigenvalue weighted by Crippen LogP contribution is 2.29. The Bertz CT molecular complexity index is 1250. The molecular formula is C29H37N5O2. The Morgan fingerprint density at radius 2 is 1.89 bits per heavy atom. The van der Waals surface area contributed by atoms with Crippen molar-refractivity contribution in [2.45, 2.75) is 26.8 Å². The molecule has 36 heavy (non-hydrogen) atoms. The van der Waals surface area contributed by atoms with Gasteiger partial charge in [-0.3, -0.25) is 0 Å². The molecule has 0 N–H and O–H groups in total. The molecule has 190 valence electrons. The quantitative estimate of drug-likeness (QED) is 0.372. The molecule has 1 aromatic carbocycles. The zero-order chi connectivity index (χ0) is 25.5. The Hall–Kier alpha value is -3.58. The molecule has 3 heterocycles. The first kappa shape index (κ1) is 25.5. The van der Waals surface area contributed by atoms with Crippen molar-refractivity contribution in [1.82, 2.24) is 19.4 Å². The van der Waals surface area contributed by atoms with Crippen LogP contribution in [0.4, 0.5) is 5.69 Å². The first-order valence-electron chi connectivity index (χ1n) is 12.6. The van der Waals surface area contributed by atoms with Crippen LogP contribution in [0.2, 0.25) is 0 Å². The lowest BCUT2D eigenvalue weighted by Crippen LogP contribution is -2.44. The van der Waals surface area contributed by atoms with Crippen molar-refractivity contribution in [2.75, 3.05) is 51.8 Å². The number of rotatable bonds is 10. The van der Waals surface area contributed by atoms with Gasteiger partial charge in [0.2, 0.25) is 0 Å². The fourth-order valence-electron chi connectivity index (χ4n) is 4.15. The molecule has 0 amide bonds. The van der Waals surface area contributed by atoms with E-state index in [0.29, 0.717) is 24.7 Å². The number of hydrogen-bond donors (Lipinski definition) is 0. The van der Waals surface area contributed by atoms with Crippen LogP contribution in [0.15, 0.2) is 72.7 Å². The molecule has 1 fully saturated rings. The van der Waals surface area contributed by atoms with Crippen LogP contribution in [0, 0.1) is 0 Å². The van der Waals surface area contributed by atoms with Gasteiger partial charge in [-0.1, -0.05) is 43.4 Å². The summed E-state index contributed by atoms with van der Waals surface area (Å²) < 4.78 is 13.8. The molecule has 2 aromatic heterocycles. The highest BCUT2D eigenvalue weighted by molar-refractivity contribution is 5.75. The Morgan fingerprint density at radius 1 is 1.08 bits per heavy atom. The number of piperazine rings is 1. The molecule has 0 atom stereocenters. The van der Waals surface area contributed by atoms with Crippen LogP contribution in [0.25, 0.3) is 11.2 Å². The van der Waals surface area contributed by atoms with Gasteiger partial charge in [0.15, 0.2) is 17.1 Å². The minimum Gasteiger partial charge on any atom is -0.493 e. The lowest BCUT2D eigenvalue weighted by atomic mass is 10.1. The number of fused-ring (bicyclic) bond motifs is 1. The molecule has 1 aliphatic rings. The number of allylic oxidation sites excluding steroid dienone is 3. The maximum Gasteiger partial charge on any atom is 0.161 e. The van der Waals surface area contributed by atoms with Gasteiger partial charge in [0, 0.05) is 26.2 Å². The van der Waals surface area contributed by atoms with E-state index in [1.807, 2.05) is 43.7 Å². The summed E-state index contributed by atoms with van der Waals surface area (Å²) in [5, 5.41) is 0. The summed E-state index contributed by atoms with van der Waals surface area (Å²) in [7, 11) is 3.83. The number of methoxy groups -OCH3 is 1. The third kappa shape index (κ3) is 6.15. The molecule has 0 bridgehead atoms. The second-order valence-corrected chi connectivity index (χ2v) is 9.18. The van der Waals surface area contributed by atoms with Crippen molar-refractivity contribution in [3.8, 4) is 11.5 Å². The Labute approximate surface area is 214 Å². The molecule has 1 saturated heterocycles. The van der Waals surface area contributed by atoms with Gasteiger partial charge in [-0.05, 0) is 49.7 Å². The van der Waals surface area contributed by atoms with E-state index in [1.54, 1.807) is 7.11 Å². The van der Waals surface area contributed by atoms with Crippen molar-refractivity contribution in [3.05, 3.63) is 78.3 Å². The Morgan fingerprint density at radius 3 is 2.61 bits per heavy atom. The fourth-order valence-corrected chi connectivity index (χ4v) is 4.15. The number of aromatic nitrogens is 3. The molecule has 0 spiro atoms. The standard InChI is InChI=1S/C29H37N5O2/c1-6-22(3)8-9-23(7-2)20-36-27-11-10-24(16-28(27)35-5)19-34-21-31-26-17-25(18-30-29(26)34)33-14-12-32(4)13-15-33/h7-11,16-18,21H,3,6,12-15,19-20H2,1-2,4-5H3/b9-8-,23-7+. The first-order valence-corrected chi connectivity index (χ1v) is 12.6. The lowest BCUT2D eigenvalue weighted by Gasteiger charge is -2.33. The highest BCUT2D eigenvalue weighted by Gasteiger charge is 2.16. The molecule has 0 saturated carbocycles. The van der Waals surface area contributed by atoms with Crippen molar-refractivity contribution in [1.29, 1.82) is 0 Å².